The van der Waals surface area contributed by atoms with Crippen molar-refractivity contribution in [3.63, 3.8) is 0 Å². The van der Waals surface area contributed by atoms with Crippen LogP contribution in [-0.2, 0) is 14.3 Å². The Hall–Kier alpha value is -3.59. The zero-order valence-electron chi connectivity index (χ0n) is 15.1. The van der Waals surface area contributed by atoms with Gasteiger partial charge in [-0.15, -0.1) is 0 Å². The number of carbonyl (C=O) groups is 2. The van der Waals surface area contributed by atoms with E-state index >= 15 is 0 Å². The highest BCUT2D eigenvalue weighted by Gasteiger charge is 2.67. The number of nitrogens with zero attached hydrogens (tertiary/aromatic N) is 3. The van der Waals surface area contributed by atoms with E-state index in [1.54, 1.807) is 24.3 Å². The van der Waals surface area contributed by atoms with E-state index in [0.29, 0.717) is 11.5 Å². The Balaban J connectivity index is 1.40. The number of fused-ring (bicyclic) bond motifs is 5. The summed E-state index contributed by atoms with van der Waals surface area (Å²) in [4.78, 5) is 41.7. The van der Waals surface area contributed by atoms with Crippen LogP contribution in [-0.4, -0.2) is 40.0 Å². The fourth-order valence-electron chi connectivity index (χ4n) is 4.37. The minimum atomic E-state index is -0.963. The predicted octanol–water partition coefficient (Wildman–Crippen LogP) is 1.91. The zero-order chi connectivity index (χ0) is 20.2. The SMILES string of the molecule is O=C1[C@H]2[C@@H]3C=C[C@@](CNc4ccc([N+](=O)[O-])cn4)(O3)[C@@H]2C(=O)N1c1ccccc1. The molecule has 1 N–H and O–H groups in total. The third kappa shape index (κ3) is 2.54. The van der Waals surface area contributed by atoms with Gasteiger partial charge in [0.1, 0.15) is 17.6 Å². The fourth-order valence-corrected chi connectivity index (χ4v) is 4.37. The van der Waals surface area contributed by atoms with E-state index in [9.17, 15) is 19.7 Å². The van der Waals surface area contributed by atoms with Crippen LogP contribution in [0.2, 0.25) is 0 Å². The summed E-state index contributed by atoms with van der Waals surface area (Å²) in [5.41, 5.74) is -0.520. The van der Waals surface area contributed by atoms with E-state index in [1.807, 2.05) is 18.2 Å². The van der Waals surface area contributed by atoms with Crippen LogP contribution >= 0.6 is 0 Å². The lowest BCUT2D eigenvalue weighted by atomic mass is 9.77. The van der Waals surface area contributed by atoms with Gasteiger partial charge in [0.2, 0.25) is 11.8 Å². The average Bonchev–Trinajstić information content (AvgIpc) is 3.38. The lowest BCUT2D eigenvalue weighted by molar-refractivity contribution is -0.385. The van der Waals surface area contributed by atoms with Crippen LogP contribution in [0.5, 0.6) is 0 Å². The molecule has 0 radical (unpaired) electrons. The Kier molecular flexibility index (Phi) is 3.75. The number of carbonyl (C=O) groups excluding carboxylic acids is 2. The summed E-state index contributed by atoms with van der Waals surface area (Å²) in [7, 11) is 0. The van der Waals surface area contributed by atoms with Crippen molar-refractivity contribution in [2.75, 3.05) is 16.8 Å². The van der Waals surface area contributed by atoms with Gasteiger partial charge in [-0.05, 0) is 18.2 Å². The molecular weight excluding hydrogens is 376 g/mol. The molecule has 4 atom stereocenters. The number of ether oxygens (including phenoxy) is 1. The number of hydrogen-bond donors (Lipinski definition) is 1. The first-order chi connectivity index (χ1) is 14.0. The van der Waals surface area contributed by atoms with Crippen LogP contribution in [0.1, 0.15) is 0 Å². The Morgan fingerprint density at radius 3 is 2.66 bits per heavy atom. The highest BCUT2D eigenvalue weighted by molar-refractivity contribution is 6.23. The van der Waals surface area contributed by atoms with Crippen molar-refractivity contribution in [3.8, 4) is 0 Å². The molecule has 2 bridgehead atoms. The minimum absolute atomic E-state index is 0.109. The highest BCUT2D eigenvalue weighted by Crippen LogP contribution is 2.52. The number of imide groups is 1. The molecule has 3 aliphatic heterocycles. The van der Waals surface area contributed by atoms with Crippen molar-refractivity contribution < 1.29 is 19.2 Å². The lowest BCUT2D eigenvalue weighted by Crippen LogP contribution is -2.45. The molecule has 146 valence electrons. The highest BCUT2D eigenvalue weighted by atomic mass is 16.6. The molecule has 4 heterocycles. The van der Waals surface area contributed by atoms with Gasteiger partial charge in [0.15, 0.2) is 0 Å². The minimum Gasteiger partial charge on any atom is -0.367 e. The fraction of sp³-hybridized carbons (Fsp3) is 0.250. The normalized spacial score (nSPS) is 29.4. The second kappa shape index (κ2) is 6.21. The summed E-state index contributed by atoms with van der Waals surface area (Å²) in [5.74, 6) is -1.30. The van der Waals surface area contributed by atoms with E-state index in [2.05, 4.69) is 10.3 Å². The number of nitro groups is 1. The van der Waals surface area contributed by atoms with Crippen molar-refractivity contribution in [2.45, 2.75) is 11.7 Å². The Morgan fingerprint density at radius 1 is 1.17 bits per heavy atom. The molecule has 0 unspecified atom stereocenters. The van der Waals surface area contributed by atoms with Gasteiger partial charge in [-0.3, -0.25) is 19.7 Å². The molecule has 0 spiro atoms. The van der Waals surface area contributed by atoms with Gasteiger partial charge in [0, 0.05) is 12.6 Å². The first-order valence-corrected chi connectivity index (χ1v) is 9.14. The van der Waals surface area contributed by atoms with E-state index in [1.165, 1.54) is 17.0 Å². The maximum absolute atomic E-state index is 13.2. The number of nitrogens with one attached hydrogen (secondary N) is 1. The van der Waals surface area contributed by atoms with Gasteiger partial charge in [0.05, 0.1) is 28.6 Å². The molecule has 2 aromatic rings. The second-order valence-electron chi connectivity index (χ2n) is 7.26. The Bertz CT molecular complexity index is 1040. The zero-order valence-corrected chi connectivity index (χ0v) is 15.1. The van der Waals surface area contributed by atoms with Crippen LogP contribution < -0.4 is 10.2 Å². The number of anilines is 2. The quantitative estimate of drug-likeness (QED) is 0.358. The van der Waals surface area contributed by atoms with Gasteiger partial charge >= 0.3 is 0 Å². The molecule has 29 heavy (non-hydrogen) atoms. The number of hydrogen-bond acceptors (Lipinski definition) is 7. The first-order valence-electron chi connectivity index (χ1n) is 9.14. The molecule has 3 aliphatic rings. The summed E-state index contributed by atoms with van der Waals surface area (Å²) in [6.45, 7) is 0.216. The number of para-hydroxylation sites is 1. The number of pyridine rings is 1. The third-order valence-electron chi connectivity index (χ3n) is 5.67. The first kappa shape index (κ1) is 17.5. The number of amides is 2. The molecule has 9 nitrogen and oxygen atoms in total. The van der Waals surface area contributed by atoms with Crippen molar-refractivity contribution in [1.29, 1.82) is 0 Å². The van der Waals surface area contributed by atoms with Crippen molar-refractivity contribution in [1.82, 2.24) is 4.98 Å². The van der Waals surface area contributed by atoms with Gasteiger partial charge in [-0.2, -0.15) is 0 Å². The van der Waals surface area contributed by atoms with Gasteiger partial charge in [0.25, 0.3) is 5.69 Å². The van der Waals surface area contributed by atoms with Gasteiger partial charge in [-0.1, -0.05) is 30.4 Å². The lowest BCUT2D eigenvalue weighted by Gasteiger charge is -2.29. The molecule has 1 aromatic heterocycles. The summed E-state index contributed by atoms with van der Waals surface area (Å²) in [5, 5.41) is 13.8. The molecule has 5 rings (SSSR count). The number of aromatic nitrogens is 1. The van der Waals surface area contributed by atoms with E-state index in [-0.39, 0.29) is 24.0 Å². The van der Waals surface area contributed by atoms with Crippen LogP contribution in [0.3, 0.4) is 0 Å². The van der Waals surface area contributed by atoms with E-state index < -0.39 is 28.5 Å². The molecule has 2 fully saturated rings. The average molecular weight is 392 g/mol. The second-order valence-corrected chi connectivity index (χ2v) is 7.26. The topological polar surface area (TPSA) is 115 Å². The molecule has 9 heteroatoms. The van der Waals surface area contributed by atoms with Crippen LogP contribution in [0.4, 0.5) is 17.2 Å². The molecule has 2 amide bonds. The molecule has 0 saturated carbocycles. The molecular formula is C20H16N4O5. The predicted molar refractivity (Wildman–Crippen MR) is 102 cm³/mol. The van der Waals surface area contributed by atoms with Crippen LogP contribution in [0.25, 0.3) is 0 Å². The van der Waals surface area contributed by atoms with Gasteiger partial charge < -0.3 is 10.1 Å². The smallest absolute Gasteiger partial charge is 0.287 e. The maximum Gasteiger partial charge on any atom is 0.287 e. The molecule has 1 aromatic carbocycles. The number of benzene rings is 1. The monoisotopic (exact) mass is 392 g/mol. The van der Waals surface area contributed by atoms with Crippen molar-refractivity contribution >= 4 is 29.0 Å². The Labute approximate surface area is 165 Å². The van der Waals surface area contributed by atoms with Gasteiger partial charge in [-0.25, -0.2) is 9.88 Å². The van der Waals surface area contributed by atoms with Crippen LogP contribution in [0, 0.1) is 22.0 Å². The van der Waals surface area contributed by atoms with Crippen molar-refractivity contribution in [2.24, 2.45) is 11.8 Å². The summed E-state index contributed by atoms with van der Waals surface area (Å²) >= 11 is 0. The molecule has 2 saturated heterocycles. The standard InChI is InChI=1S/C20H16N4O5/c25-18-16-14-8-9-20(29-14,11-22-15-7-6-13(10-21-15)24(27)28)17(16)19(26)23(18)12-4-2-1-3-5-12/h1-10,14,16-17H,11H2,(H,21,22)/t14-,16-,17-,20-/m0/s1. The van der Waals surface area contributed by atoms with E-state index in [4.69, 9.17) is 4.74 Å². The maximum atomic E-state index is 13.2. The summed E-state index contributed by atoms with van der Waals surface area (Å²) in [6.07, 6.45) is 4.37. The largest absolute Gasteiger partial charge is 0.367 e. The van der Waals surface area contributed by atoms with Crippen molar-refractivity contribution in [3.05, 3.63) is 70.9 Å². The van der Waals surface area contributed by atoms with E-state index in [0.717, 1.165) is 6.20 Å². The van der Waals surface area contributed by atoms with Crippen LogP contribution in [0.15, 0.2) is 60.8 Å². The Morgan fingerprint density at radius 2 is 1.97 bits per heavy atom. The summed E-state index contributed by atoms with van der Waals surface area (Å²) < 4.78 is 6.06. The molecule has 0 aliphatic carbocycles. The third-order valence-corrected chi connectivity index (χ3v) is 5.67. The summed E-state index contributed by atoms with van der Waals surface area (Å²) in [6, 6.07) is 11.7. The number of rotatable bonds is 5.